The summed E-state index contributed by atoms with van der Waals surface area (Å²) in [5.74, 6) is 0.866. The average Bonchev–Trinajstić information content (AvgIpc) is 2.92. The van der Waals surface area contributed by atoms with Gasteiger partial charge in [0, 0.05) is 6.54 Å². The van der Waals surface area contributed by atoms with E-state index in [1.165, 1.54) is 16.3 Å². The standard InChI is InChI=1S/C16H17N3O/c1-3-19-15(10-17-18-19)11-20-16-7-6-13-8-12(2)4-5-14(13)9-16/h4-10H,3,11H2,1-2H3. The molecule has 4 nitrogen and oxygen atoms in total. The summed E-state index contributed by atoms with van der Waals surface area (Å²) in [4.78, 5) is 0. The van der Waals surface area contributed by atoms with Crippen LogP contribution in [0, 0.1) is 6.92 Å². The molecule has 0 unspecified atom stereocenters. The lowest BCUT2D eigenvalue weighted by Gasteiger charge is -2.08. The SMILES string of the molecule is CCn1nncc1COc1ccc2cc(C)ccc2c1. The molecule has 4 heteroatoms. The maximum atomic E-state index is 5.83. The van der Waals surface area contributed by atoms with Crippen LogP contribution in [0.4, 0.5) is 0 Å². The summed E-state index contributed by atoms with van der Waals surface area (Å²) in [5, 5.41) is 10.3. The van der Waals surface area contributed by atoms with E-state index in [0.29, 0.717) is 6.61 Å². The minimum atomic E-state index is 0.484. The first-order chi connectivity index (χ1) is 9.76. The molecule has 3 rings (SSSR count). The summed E-state index contributed by atoms with van der Waals surface area (Å²) in [6, 6.07) is 12.6. The molecule has 1 aromatic heterocycles. The number of ether oxygens (including phenoxy) is 1. The Morgan fingerprint density at radius 2 is 1.90 bits per heavy atom. The molecular formula is C16H17N3O. The van der Waals surface area contributed by atoms with Crippen LogP contribution in [-0.2, 0) is 13.2 Å². The molecule has 0 bridgehead atoms. The van der Waals surface area contributed by atoms with Crippen molar-refractivity contribution in [2.75, 3.05) is 0 Å². The fourth-order valence-corrected chi connectivity index (χ4v) is 2.25. The summed E-state index contributed by atoms with van der Waals surface area (Å²) in [7, 11) is 0. The third kappa shape index (κ3) is 2.50. The minimum Gasteiger partial charge on any atom is -0.487 e. The van der Waals surface area contributed by atoms with Crippen molar-refractivity contribution in [1.29, 1.82) is 0 Å². The molecule has 0 spiro atoms. The monoisotopic (exact) mass is 267 g/mol. The second-order valence-corrected chi connectivity index (χ2v) is 4.84. The van der Waals surface area contributed by atoms with E-state index >= 15 is 0 Å². The molecular weight excluding hydrogens is 250 g/mol. The number of aromatic nitrogens is 3. The lowest BCUT2D eigenvalue weighted by atomic mass is 10.1. The third-order valence-corrected chi connectivity index (χ3v) is 3.35. The Morgan fingerprint density at radius 1 is 1.10 bits per heavy atom. The number of hydrogen-bond donors (Lipinski definition) is 0. The summed E-state index contributed by atoms with van der Waals surface area (Å²) in [6.07, 6.45) is 1.74. The summed E-state index contributed by atoms with van der Waals surface area (Å²) in [5.41, 5.74) is 2.25. The molecule has 0 radical (unpaired) electrons. The molecule has 0 amide bonds. The number of nitrogens with zero attached hydrogens (tertiary/aromatic N) is 3. The predicted molar refractivity (Wildman–Crippen MR) is 78.7 cm³/mol. The lowest BCUT2D eigenvalue weighted by molar-refractivity contribution is 0.293. The van der Waals surface area contributed by atoms with Crippen molar-refractivity contribution in [3.05, 3.63) is 53.9 Å². The fourth-order valence-electron chi connectivity index (χ4n) is 2.25. The predicted octanol–water partition coefficient (Wildman–Crippen LogP) is 3.34. The van der Waals surface area contributed by atoms with Crippen molar-refractivity contribution in [3.63, 3.8) is 0 Å². The quantitative estimate of drug-likeness (QED) is 0.728. The Hall–Kier alpha value is -2.36. The number of hydrogen-bond acceptors (Lipinski definition) is 3. The molecule has 0 saturated carbocycles. The third-order valence-electron chi connectivity index (χ3n) is 3.35. The van der Waals surface area contributed by atoms with Gasteiger partial charge < -0.3 is 4.74 Å². The Labute approximate surface area is 118 Å². The van der Waals surface area contributed by atoms with E-state index in [9.17, 15) is 0 Å². The normalized spacial score (nSPS) is 10.9. The largest absolute Gasteiger partial charge is 0.487 e. The van der Waals surface area contributed by atoms with Crippen LogP contribution in [-0.4, -0.2) is 15.0 Å². The topological polar surface area (TPSA) is 39.9 Å². The van der Waals surface area contributed by atoms with Crippen LogP contribution >= 0.6 is 0 Å². The number of benzene rings is 2. The highest BCUT2D eigenvalue weighted by atomic mass is 16.5. The summed E-state index contributed by atoms with van der Waals surface area (Å²) >= 11 is 0. The van der Waals surface area contributed by atoms with Crippen LogP contribution in [0.25, 0.3) is 10.8 Å². The number of aryl methyl sites for hydroxylation is 2. The molecule has 0 N–H and O–H groups in total. The van der Waals surface area contributed by atoms with E-state index in [2.05, 4.69) is 47.6 Å². The van der Waals surface area contributed by atoms with Gasteiger partial charge in [-0.25, -0.2) is 4.68 Å². The zero-order chi connectivity index (χ0) is 13.9. The van der Waals surface area contributed by atoms with Gasteiger partial charge in [-0.15, -0.1) is 5.10 Å². The molecule has 3 aromatic rings. The Balaban J connectivity index is 1.79. The van der Waals surface area contributed by atoms with Gasteiger partial charge in [0.2, 0.25) is 0 Å². The van der Waals surface area contributed by atoms with Crippen molar-refractivity contribution in [2.24, 2.45) is 0 Å². The smallest absolute Gasteiger partial charge is 0.132 e. The van der Waals surface area contributed by atoms with Gasteiger partial charge in [0.15, 0.2) is 0 Å². The van der Waals surface area contributed by atoms with Gasteiger partial charge in [-0.1, -0.05) is 35.0 Å². The maximum Gasteiger partial charge on any atom is 0.132 e. The highest BCUT2D eigenvalue weighted by Gasteiger charge is 2.04. The van der Waals surface area contributed by atoms with E-state index in [1.807, 2.05) is 17.7 Å². The first-order valence-corrected chi connectivity index (χ1v) is 6.77. The molecule has 102 valence electrons. The van der Waals surface area contributed by atoms with Crippen molar-refractivity contribution >= 4 is 10.8 Å². The van der Waals surface area contributed by atoms with Gasteiger partial charge >= 0.3 is 0 Å². The summed E-state index contributed by atoms with van der Waals surface area (Å²) < 4.78 is 7.67. The molecule has 0 aliphatic carbocycles. The molecule has 0 saturated heterocycles. The Bertz CT molecular complexity index is 733. The highest BCUT2D eigenvalue weighted by molar-refractivity contribution is 5.84. The summed E-state index contributed by atoms with van der Waals surface area (Å²) in [6.45, 7) is 5.42. The van der Waals surface area contributed by atoms with E-state index < -0.39 is 0 Å². The number of rotatable bonds is 4. The van der Waals surface area contributed by atoms with Crippen LogP contribution in [0.1, 0.15) is 18.2 Å². The molecule has 0 aliphatic heterocycles. The van der Waals surface area contributed by atoms with Gasteiger partial charge in [0.25, 0.3) is 0 Å². The van der Waals surface area contributed by atoms with Crippen LogP contribution < -0.4 is 4.74 Å². The van der Waals surface area contributed by atoms with Crippen LogP contribution in [0.15, 0.2) is 42.6 Å². The Kier molecular flexibility index (Phi) is 3.37. The van der Waals surface area contributed by atoms with Crippen LogP contribution in [0.3, 0.4) is 0 Å². The van der Waals surface area contributed by atoms with Crippen molar-refractivity contribution in [1.82, 2.24) is 15.0 Å². The van der Waals surface area contributed by atoms with E-state index in [1.54, 1.807) is 6.20 Å². The Morgan fingerprint density at radius 3 is 2.75 bits per heavy atom. The zero-order valence-electron chi connectivity index (χ0n) is 11.7. The van der Waals surface area contributed by atoms with Gasteiger partial charge in [0.05, 0.1) is 11.9 Å². The molecule has 1 heterocycles. The second-order valence-electron chi connectivity index (χ2n) is 4.84. The molecule has 0 atom stereocenters. The van der Waals surface area contributed by atoms with Crippen molar-refractivity contribution in [3.8, 4) is 5.75 Å². The first kappa shape index (κ1) is 12.7. The van der Waals surface area contributed by atoms with Crippen LogP contribution in [0.5, 0.6) is 5.75 Å². The van der Waals surface area contributed by atoms with E-state index in [-0.39, 0.29) is 0 Å². The van der Waals surface area contributed by atoms with E-state index in [4.69, 9.17) is 4.74 Å². The maximum absolute atomic E-state index is 5.83. The lowest BCUT2D eigenvalue weighted by Crippen LogP contribution is -2.06. The molecule has 20 heavy (non-hydrogen) atoms. The van der Waals surface area contributed by atoms with Gasteiger partial charge in [-0.05, 0) is 36.8 Å². The molecule has 0 fully saturated rings. The van der Waals surface area contributed by atoms with Crippen molar-refractivity contribution < 1.29 is 4.74 Å². The molecule has 0 aliphatic rings. The zero-order valence-corrected chi connectivity index (χ0v) is 11.7. The fraction of sp³-hybridized carbons (Fsp3) is 0.250. The van der Waals surface area contributed by atoms with Gasteiger partial charge in [0.1, 0.15) is 12.4 Å². The minimum absolute atomic E-state index is 0.484. The first-order valence-electron chi connectivity index (χ1n) is 6.77. The number of fused-ring (bicyclic) bond motifs is 1. The van der Waals surface area contributed by atoms with Gasteiger partial charge in [-0.3, -0.25) is 0 Å². The van der Waals surface area contributed by atoms with Gasteiger partial charge in [-0.2, -0.15) is 0 Å². The molecule has 2 aromatic carbocycles. The van der Waals surface area contributed by atoms with Crippen LogP contribution in [0.2, 0.25) is 0 Å². The van der Waals surface area contributed by atoms with Crippen molar-refractivity contribution in [2.45, 2.75) is 27.0 Å². The second kappa shape index (κ2) is 5.33. The van der Waals surface area contributed by atoms with E-state index in [0.717, 1.165) is 18.0 Å². The average molecular weight is 267 g/mol. The highest BCUT2D eigenvalue weighted by Crippen LogP contribution is 2.22.